The van der Waals surface area contributed by atoms with Gasteiger partial charge in [0.1, 0.15) is 5.69 Å². The van der Waals surface area contributed by atoms with Gasteiger partial charge in [-0.05, 0) is 13.8 Å². The van der Waals surface area contributed by atoms with Crippen LogP contribution in [0, 0.1) is 6.92 Å². The van der Waals surface area contributed by atoms with Gasteiger partial charge in [0.25, 0.3) is 5.91 Å². The second-order valence-electron chi connectivity index (χ2n) is 4.39. The normalized spacial score (nSPS) is 12.4. The predicted molar refractivity (Wildman–Crippen MR) is 67.0 cm³/mol. The smallest absolute Gasteiger partial charge is 0.270 e. The summed E-state index contributed by atoms with van der Waals surface area (Å²) in [4.78, 5) is 16.0. The number of aryl methyl sites for hydroxylation is 2. The van der Waals surface area contributed by atoms with Crippen molar-refractivity contribution in [1.29, 1.82) is 0 Å². The molecule has 1 N–H and O–H groups in total. The first kappa shape index (κ1) is 12.3. The van der Waals surface area contributed by atoms with Crippen LogP contribution in [0.25, 0.3) is 0 Å². The highest BCUT2D eigenvalue weighted by atomic mass is 16.2. The Kier molecular flexibility index (Phi) is 3.18. The zero-order valence-electron chi connectivity index (χ0n) is 11.0. The Bertz CT molecular complexity index is 569. The van der Waals surface area contributed by atoms with Crippen molar-refractivity contribution in [3.63, 3.8) is 0 Å². The summed E-state index contributed by atoms with van der Waals surface area (Å²) < 4.78 is 3.49. The fourth-order valence-corrected chi connectivity index (χ4v) is 1.87. The molecular formula is C12H17N5O. The van der Waals surface area contributed by atoms with Gasteiger partial charge in [-0.2, -0.15) is 5.10 Å². The molecule has 0 spiro atoms. The summed E-state index contributed by atoms with van der Waals surface area (Å²) in [5.41, 5.74) is 2.62. The molecular weight excluding hydrogens is 230 g/mol. The fourth-order valence-electron chi connectivity index (χ4n) is 1.87. The van der Waals surface area contributed by atoms with E-state index in [-0.39, 0.29) is 11.9 Å². The summed E-state index contributed by atoms with van der Waals surface area (Å²) in [5, 5.41) is 7.11. The number of hydrogen-bond acceptors (Lipinski definition) is 3. The van der Waals surface area contributed by atoms with E-state index in [0.29, 0.717) is 5.69 Å². The molecule has 0 radical (unpaired) electrons. The minimum absolute atomic E-state index is 0.0823. The zero-order valence-corrected chi connectivity index (χ0v) is 11.0. The van der Waals surface area contributed by atoms with E-state index in [0.717, 1.165) is 11.3 Å². The van der Waals surface area contributed by atoms with Crippen molar-refractivity contribution in [1.82, 2.24) is 24.6 Å². The lowest BCUT2D eigenvalue weighted by Gasteiger charge is -2.13. The van der Waals surface area contributed by atoms with E-state index < -0.39 is 0 Å². The number of amides is 1. The summed E-state index contributed by atoms with van der Waals surface area (Å²) in [6.07, 6.45) is 4.94. The number of nitrogens with one attached hydrogen (secondary N) is 1. The number of imidazole rings is 1. The minimum atomic E-state index is -0.134. The van der Waals surface area contributed by atoms with Crippen molar-refractivity contribution >= 4 is 5.91 Å². The Morgan fingerprint density at radius 2 is 2.11 bits per heavy atom. The summed E-state index contributed by atoms with van der Waals surface area (Å²) >= 11 is 0. The maximum atomic E-state index is 12.0. The van der Waals surface area contributed by atoms with Gasteiger partial charge in [0.15, 0.2) is 0 Å². The molecule has 0 fully saturated rings. The molecule has 2 aromatic rings. The van der Waals surface area contributed by atoms with Gasteiger partial charge < -0.3 is 9.88 Å². The molecule has 2 aromatic heterocycles. The van der Waals surface area contributed by atoms with Crippen LogP contribution in [-0.2, 0) is 14.1 Å². The van der Waals surface area contributed by atoms with Crippen molar-refractivity contribution in [2.24, 2.45) is 14.1 Å². The largest absolute Gasteiger partial charge is 0.344 e. The molecule has 0 saturated heterocycles. The predicted octanol–water partition coefficient (Wildman–Crippen LogP) is 0.953. The topological polar surface area (TPSA) is 64.7 Å². The first-order valence-corrected chi connectivity index (χ1v) is 5.76. The SMILES string of the molecule is Cc1c([C@@H](C)NC(=O)c2cncn2C)cnn1C. The van der Waals surface area contributed by atoms with Crippen molar-refractivity contribution in [3.05, 3.63) is 35.7 Å². The summed E-state index contributed by atoms with van der Waals surface area (Å²) in [6.45, 7) is 3.92. The van der Waals surface area contributed by atoms with Crippen LogP contribution in [0.5, 0.6) is 0 Å². The first-order valence-electron chi connectivity index (χ1n) is 5.76. The lowest BCUT2D eigenvalue weighted by molar-refractivity contribution is 0.0931. The van der Waals surface area contributed by atoms with E-state index in [1.54, 1.807) is 35.0 Å². The first-order chi connectivity index (χ1) is 8.50. The average molecular weight is 247 g/mol. The molecule has 1 atom stereocenters. The van der Waals surface area contributed by atoms with Gasteiger partial charge in [-0.1, -0.05) is 0 Å². The lowest BCUT2D eigenvalue weighted by atomic mass is 10.1. The van der Waals surface area contributed by atoms with E-state index in [9.17, 15) is 4.79 Å². The molecule has 96 valence electrons. The van der Waals surface area contributed by atoms with E-state index in [4.69, 9.17) is 0 Å². The van der Waals surface area contributed by atoms with Crippen molar-refractivity contribution in [3.8, 4) is 0 Å². The fraction of sp³-hybridized carbons (Fsp3) is 0.417. The molecule has 6 heteroatoms. The van der Waals surface area contributed by atoms with Crippen LogP contribution in [0.1, 0.15) is 34.7 Å². The Labute approximate surface area is 106 Å². The number of aromatic nitrogens is 4. The van der Waals surface area contributed by atoms with Gasteiger partial charge in [-0.15, -0.1) is 0 Å². The summed E-state index contributed by atoms with van der Waals surface area (Å²) in [6, 6.07) is -0.0823. The van der Waals surface area contributed by atoms with Crippen LogP contribution < -0.4 is 5.32 Å². The maximum Gasteiger partial charge on any atom is 0.270 e. The van der Waals surface area contributed by atoms with Gasteiger partial charge in [0, 0.05) is 25.4 Å². The van der Waals surface area contributed by atoms with Crippen LogP contribution in [0.3, 0.4) is 0 Å². The highest BCUT2D eigenvalue weighted by Crippen LogP contribution is 2.16. The minimum Gasteiger partial charge on any atom is -0.344 e. The second kappa shape index (κ2) is 4.64. The Hall–Kier alpha value is -2.11. The molecule has 0 saturated carbocycles. The number of hydrogen-bond donors (Lipinski definition) is 1. The van der Waals surface area contributed by atoms with Crippen LogP contribution in [0.4, 0.5) is 0 Å². The molecule has 2 rings (SSSR count). The molecule has 0 unspecified atom stereocenters. The zero-order chi connectivity index (χ0) is 13.3. The van der Waals surface area contributed by atoms with Gasteiger partial charge in [0.05, 0.1) is 24.8 Å². The van der Waals surface area contributed by atoms with Crippen LogP contribution in [-0.4, -0.2) is 25.2 Å². The van der Waals surface area contributed by atoms with E-state index in [1.165, 1.54) is 0 Å². The molecule has 0 aliphatic rings. The van der Waals surface area contributed by atoms with Crippen LogP contribution in [0.2, 0.25) is 0 Å². The van der Waals surface area contributed by atoms with Crippen LogP contribution >= 0.6 is 0 Å². The maximum absolute atomic E-state index is 12.0. The average Bonchev–Trinajstić information content (AvgIpc) is 2.87. The lowest BCUT2D eigenvalue weighted by Crippen LogP contribution is -2.28. The number of nitrogens with zero attached hydrogens (tertiary/aromatic N) is 4. The third kappa shape index (κ3) is 2.13. The molecule has 0 aliphatic carbocycles. The van der Waals surface area contributed by atoms with Crippen molar-refractivity contribution in [2.45, 2.75) is 19.9 Å². The van der Waals surface area contributed by atoms with E-state index in [2.05, 4.69) is 15.4 Å². The third-order valence-electron chi connectivity index (χ3n) is 3.14. The van der Waals surface area contributed by atoms with Crippen molar-refractivity contribution in [2.75, 3.05) is 0 Å². The van der Waals surface area contributed by atoms with Crippen molar-refractivity contribution < 1.29 is 4.79 Å². The quantitative estimate of drug-likeness (QED) is 0.878. The van der Waals surface area contributed by atoms with Gasteiger partial charge in [-0.3, -0.25) is 9.48 Å². The Balaban J connectivity index is 2.13. The summed E-state index contributed by atoms with van der Waals surface area (Å²) in [5.74, 6) is -0.134. The van der Waals surface area contributed by atoms with Gasteiger partial charge in [0.2, 0.25) is 0 Å². The molecule has 1 amide bonds. The molecule has 2 heterocycles. The number of carbonyl (C=O) groups excluding carboxylic acids is 1. The second-order valence-corrected chi connectivity index (χ2v) is 4.39. The molecule has 0 aromatic carbocycles. The van der Waals surface area contributed by atoms with Gasteiger partial charge in [-0.25, -0.2) is 4.98 Å². The Morgan fingerprint density at radius 1 is 1.39 bits per heavy atom. The molecule has 6 nitrogen and oxygen atoms in total. The Morgan fingerprint density at radius 3 is 2.61 bits per heavy atom. The standard InChI is InChI=1S/C12H17N5O/c1-8(10-5-14-17(4)9(10)2)15-12(18)11-6-13-7-16(11)3/h5-8H,1-4H3,(H,15,18)/t8-/m1/s1. The highest BCUT2D eigenvalue weighted by Gasteiger charge is 2.17. The molecule has 18 heavy (non-hydrogen) atoms. The third-order valence-corrected chi connectivity index (χ3v) is 3.14. The van der Waals surface area contributed by atoms with Crippen LogP contribution in [0.15, 0.2) is 18.7 Å². The highest BCUT2D eigenvalue weighted by molar-refractivity contribution is 5.92. The number of carbonyl (C=O) groups is 1. The van der Waals surface area contributed by atoms with E-state index in [1.807, 2.05) is 20.9 Å². The molecule has 0 aliphatic heterocycles. The van der Waals surface area contributed by atoms with E-state index >= 15 is 0 Å². The summed E-state index contributed by atoms with van der Waals surface area (Å²) in [7, 11) is 3.68. The molecule has 0 bridgehead atoms. The number of rotatable bonds is 3. The van der Waals surface area contributed by atoms with Gasteiger partial charge >= 0.3 is 0 Å². The monoisotopic (exact) mass is 247 g/mol.